The molecule has 0 N–H and O–H groups in total. The number of nitrogens with zero attached hydrogens (tertiary/aromatic N) is 1. The van der Waals surface area contributed by atoms with Crippen molar-refractivity contribution in [2.75, 3.05) is 12.4 Å². The first-order valence-electron chi connectivity index (χ1n) is 5.35. The van der Waals surface area contributed by atoms with Crippen molar-refractivity contribution in [2.45, 2.75) is 39.0 Å². The maximum absolute atomic E-state index is 11.6. The third-order valence-corrected chi connectivity index (χ3v) is 2.70. The molecule has 0 radical (unpaired) electrons. The van der Waals surface area contributed by atoms with Gasteiger partial charge in [0.05, 0.1) is 0 Å². The number of carbonyl (C=O) groups excluding carboxylic acids is 1. The zero-order valence-electron chi connectivity index (χ0n) is 8.76. The molecule has 14 heavy (non-hydrogen) atoms. The fourth-order valence-corrected chi connectivity index (χ4v) is 1.93. The van der Waals surface area contributed by atoms with E-state index in [1.165, 1.54) is 18.5 Å². The molecule has 0 unspecified atom stereocenters. The molecule has 1 amide bonds. The molecule has 1 aliphatic rings. The zero-order valence-corrected chi connectivity index (χ0v) is 9.52. The van der Waals surface area contributed by atoms with Crippen LogP contribution in [0.1, 0.15) is 39.0 Å². The average molecular weight is 216 g/mol. The Bertz CT molecular complexity index is 225. The van der Waals surface area contributed by atoms with Crippen LogP contribution in [-0.4, -0.2) is 23.2 Å². The van der Waals surface area contributed by atoms with E-state index in [2.05, 4.69) is 13.0 Å². The summed E-state index contributed by atoms with van der Waals surface area (Å²) < 4.78 is 0. The molecule has 1 rings (SSSR count). The molecular weight excluding hydrogens is 198 g/mol. The van der Waals surface area contributed by atoms with Gasteiger partial charge in [-0.15, -0.1) is 11.6 Å². The number of hydrogen-bond donors (Lipinski definition) is 0. The highest BCUT2D eigenvalue weighted by atomic mass is 35.5. The van der Waals surface area contributed by atoms with E-state index in [9.17, 15) is 4.79 Å². The van der Waals surface area contributed by atoms with Gasteiger partial charge in [0.2, 0.25) is 5.91 Å². The third-order valence-electron chi connectivity index (χ3n) is 2.48. The van der Waals surface area contributed by atoms with Gasteiger partial charge in [0.25, 0.3) is 0 Å². The number of halogens is 1. The average Bonchev–Trinajstić information content (AvgIpc) is 2.26. The maximum Gasteiger partial charge on any atom is 0.241 e. The van der Waals surface area contributed by atoms with Crippen molar-refractivity contribution in [1.29, 1.82) is 0 Å². The van der Waals surface area contributed by atoms with Crippen LogP contribution in [0.3, 0.4) is 0 Å². The van der Waals surface area contributed by atoms with E-state index in [-0.39, 0.29) is 11.8 Å². The zero-order chi connectivity index (χ0) is 10.4. The monoisotopic (exact) mass is 215 g/mol. The molecule has 3 heteroatoms. The van der Waals surface area contributed by atoms with Crippen LogP contribution in [0.5, 0.6) is 0 Å². The first-order valence-corrected chi connectivity index (χ1v) is 5.88. The molecule has 1 aliphatic carbocycles. The number of allylic oxidation sites excluding steroid dienone is 2. The largest absolute Gasteiger partial charge is 0.316 e. The van der Waals surface area contributed by atoms with Gasteiger partial charge >= 0.3 is 0 Å². The van der Waals surface area contributed by atoms with Crippen LogP contribution in [0, 0.1) is 0 Å². The van der Waals surface area contributed by atoms with E-state index in [1.807, 2.05) is 4.90 Å². The van der Waals surface area contributed by atoms with Crippen molar-refractivity contribution in [1.82, 2.24) is 4.90 Å². The van der Waals surface area contributed by atoms with E-state index >= 15 is 0 Å². The molecule has 80 valence electrons. The van der Waals surface area contributed by atoms with Gasteiger partial charge in [-0.05, 0) is 32.1 Å². The Labute approximate surface area is 90.9 Å². The molecule has 0 aromatic carbocycles. The Morgan fingerprint density at radius 3 is 2.86 bits per heavy atom. The van der Waals surface area contributed by atoms with E-state index in [1.54, 1.807) is 0 Å². The molecule has 0 bridgehead atoms. The molecule has 0 saturated carbocycles. The van der Waals surface area contributed by atoms with Crippen LogP contribution in [0.25, 0.3) is 0 Å². The van der Waals surface area contributed by atoms with E-state index in [4.69, 9.17) is 11.6 Å². The standard InChI is InChI=1S/C11H18ClNO/c1-2-8-13(11(14)9-12)10-6-4-3-5-7-10/h6H,2-5,7-9H2,1H3. The van der Waals surface area contributed by atoms with Gasteiger partial charge in [-0.3, -0.25) is 4.79 Å². The van der Waals surface area contributed by atoms with Gasteiger partial charge < -0.3 is 4.90 Å². The van der Waals surface area contributed by atoms with Crippen LogP contribution in [-0.2, 0) is 4.79 Å². The van der Waals surface area contributed by atoms with Gasteiger partial charge in [-0.25, -0.2) is 0 Å². The Kier molecular flexibility index (Phi) is 5.02. The summed E-state index contributed by atoms with van der Waals surface area (Å²) in [5, 5.41) is 0. The highest BCUT2D eigenvalue weighted by Gasteiger charge is 2.17. The van der Waals surface area contributed by atoms with Crippen molar-refractivity contribution in [3.8, 4) is 0 Å². The number of hydrogen-bond acceptors (Lipinski definition) is 1. The highest BCUT2D eigenvalue weighted by molar-refractivity contribution is 6.27. The highest BCUT2D eigenvalue weighted by Crippen LogP contribution is 2.21. The fraction of sp³-hybridized carbons (Fsp3) is 0.727. The summed E-state index contributed by atoms with van der Waals surface area (Å²) in [6.07, 6.45) is 7.75. The summed E-state index contributed by atoms with van der Waals surface area (Å²) in [5.74, 6) is 0.138. The Hall–Kier alpha value is -0.500. The lowest BCUT2D eigenvalue weighted by Crippen LogP contribution is -2.32. The van der Waals surface area contributed by atoms with Gasteiger partial charge in [-0.1, -0.05) is 13.0 Å². The summed E-state index contributed by atoms with van der Waals surface area (Å²) in [6, 6.07) is 0. The van der Waals surface area contributed by atoms with E-state index in [0.717, 1.165) is 25.8 Å². The van der Waals surface area contributed by atoms with Crippen LogP contribution in [0.2, 0.25) is 0 Å². The summed E-state index contributed by atoms with van der Waals surface area (Å²) in [5.41, 5.74) is 1.18. The fourth-order valence-electron chi connectivity index (χ4n) is 1.79. The second-order valence-corrected chi connectivity index (χ2v) is 3.89. The first kappa shape index (κ1) is 11.6. The van der Waals surface area contributed by atoms with Gasteiger partial charge in [0.1, 0.15) is 5.88 Å². The predicted molar refractivity (Wildman–Crippen MR) is 59.3 cm³/mol. The minimum atomic E-state index is 0.0432. The second kappa shape index (κ2) is 6.07. The van der Waals surface area contributed by atoms with Crippen LogP contribution < -0.4 is 0 Å². The minimum Gasteiger partial charge on any atom is -0.316 e. The quantitative estimate of drug-likeness (QED) is 0.661. The topological polar surface area (TPSA) is 20.3 Å². The van der Waals surface area contributed by atoms with Crippen molar-refractivity contribution in [2.24, 2.45) is 0 Å². The Balaban J connectivity index is 2.65. The number of alkyl halides is 1. The number of carbonyl (C=O) groups is 1. The van der Waals surface area contributed by atoms with Crippen molar-refractivity contribution >= 4 is 17.5 Å². The molecule has 0 atom stereocenters. The Morgan fingerprint density at radius 1 is 1.57 bits per heavy atom. The maximum atomic E-state index is 11.6. The molecule has 0 aliphatic heterocycles. The SMILES string of the molecule is CCCN(C(=O)CCl)C1=CCCCC1. The summed E-state index contributed by atoms with van der Waals surface area (Å²) >= 11 is 5.58. The van der Waals surface area contributed by atoms with Gasteiger partial charge in [0.15, 0.2) is 0 Å². The minimum absolute atomic E-state index is 0.0432. The van der Waals surface area contributed by atoms with Crippen LogP contribution >= 0.6 is 11.6 Å². The lowest BCUT2D eigenvalue weighted by atomic mass is 10.0. The molecule has 0 aromatic heterocycles. The smallest absolute Gasteiger partial charge is 0.241 e. The molecule has 0 saturated heterocycles. The summed E-state index contributed by atoms with van der Waals surface area (Å²) in [6.45, 7) is 2.88. The van der Waals surface area contributed by atoms with Gasteiger partial charge in [0, 0.05) is 12.2 Å². The first-order chi connectivity index (χ1) is 6.79. The van der Waals surface area contributed by atoms with Crippen LogP contribution in [0.15, 0.2) is 11.8 Å². The second-order valence-electron chi connectivity index (χ2n) is 3.62. The molecule has 0 spiro atoms. The lowest BCUT2D eigenvalue weighted by Gasteiger charge is -2.26. The van der Waals surface area contributed by atoms with Crippen molar-refractivity contribution in [3.05, 3.63) is 11.8 Å². The molecule has 0 fully saturated rings. The van der Waals surface area contributed by atoms with E-state index < -0.39 is 0 Å². The summed E-state index contributed by atoms with van der Waals surface area (Å²) in [7, 11) is 0. The van der Waals surface area contributed by atoms with Gasteiger partial charge in [-0.2, -0.15) is 0 Å². The number of rotatable bonds is 4. The lowest BCUT2D eigenvalue weighted by molar-refractivity contribution is -0.126. The third kappa shape index (κ3) is 3.02. The molecule has 0 aromatic rings. The normalized spacial score (nSPS) is 16.3. The summed E-state index contributed by atoms with van der Waals surface area (Å²) in [4.78, 5) is 13.4. The number of amides is 1. The Morgan fingerprint density at radius 2 is 2.36 bits per heavy atom. The van der Waals surface area contributed by atoms with E-state index in [0.29, 0.717) is 0 Å². The predicted octanol–water partition coefficient (Wildman–Crippen LogP) is 2.92. The van der Waals surface area contributed by atoms with Crippen molar-refractivity contribution < 1.29 is 4.79 Å². The van der Waals surface area contributed by atoms with Crippen LogP contribution in [0.4, 0.5) is 0 Å². The molecular formula is C11H18ClNO. The van der Waals surface area contributed by atoms with Crippen molar-refractivity contribution in [3.63, 3.8) is 0 Å². The molecule has 0 heterocycles. The molecule has 2 nitrogen and oxygen atoms in total.